The smallest absolute Gasteiger partial charge is 0.328 e. The summed E-state index contributed by atoms with van der Waals surface area (Å²) in [6.07, 6.45) is -4.37. The number of amides is 1. The first-order valence-corrected chi connectivity index (χ1v) is 1.59. The Morgan fingerprint density at radius 2 is 2.12 bits per heavy atom. The molecule has 0 radical (unpaired) electrons. The van der Waals surface area contributed by atoms with Crippen molar-refractivity contribution in [1.29, 1.82) is 0 Å². The minimum absolute atomic E-state index is 1.07. The van der Waals surface area contributed by atoms with Crippen LogP contribution in [0.25, 0.3) is 0 Å². The van der Waals surface area contributed by atoms with Crippen molar-refractivity contribution in [3.8, 4) is 0 Å². The SMILES string of the molecule is NNC(=O)C(O)(F)F. The number of nitrogens with one attached hydrogen (secondary N) is 1. The molecule has 0 spiro atoms. The van der Waals surface area contributed by atoms with Crippen LogP contribution in [-0.2, 0) is 4.79 Å². The summed E-state index contributed by atoms with van der Waals surface area (Å²) in [6.45, 7) is 0. The van der Waals surface area contributed by atoms with E-state index in [1.54, 1.807) is 0 Å². The summed E-state index contributed by atoms with van der Waals surface area (Å²) in [4.78, 5) is 9.60. The van der Waals surface area contributed by atoms with Crippen molar-refractivity contribution in [1.82, 2.24) is 5.43 Å². The van der Waals surface area contributed by atoms with E-state index in [0.717, 1.165) is 5.43 Å². The van der Waals surface area contributed by atoms with Gasteiger partial charge in [-0.1, -0.05) is 0 Å². The van der Waals surface area contributed by atoms with E-state index in [1.807, 2.05) is 0 Å². The molecule has 8 heavy (non-hydrogen) atoms. The molecule has 0 atom stereocenters. The van der Waals surface area contributed by atoms with E-state index in [9.17, 15) is 13.6 Å². The van der Waals surface area contributed by atoms with E-state index in [2.05, 4.69) is 5.84 Å². The molecular weight excluding hydrogens is 122 g/mol. The van der Waals surface area contributed by atoms with Crippen LogP contribution in [0.1, 0.15) is 0 Å². The third-order valence-corrected chi connectivity index (χ3v) is 0.404. The van der Waals surface area contributed by atoms with Crippen molar-refractivity contribution in [2.24, 2.45) is 5.84 Å². The van der Waals surface area contributed by atoms with E-state index in [4.69, 9.17) is 5.11 Å². The number of aliphatic hydroxyl groups is 1. The van der Waals surface area contributed by atoms with Gasteiger partial charge < -0.3 is 5.11 Å². The Labute approximate surface area is 43.3 Å². The summed E-state index contributed by atoms with van der Waals surface area (Å²) in [5.41, 5.74) is 1.07. The van der Waals surface area contributed by atoms with Gasteiger partial charge in [0.25, 0.3) is 0 Å². The minimum atomic E-state index is -4.37. The fourth-order valence-electron chi connectivity index (χ4n) is 0.0868. The number of hydrogen-bond acceptors (Lipinski definition) is 3. The lowest BCUT2D eigenvalue weighted by atomic mass is 10.6. The lowest BCUT2D eigenvalue weighted by Gasteiger charge is -2.03. The standard InChI is InChI=1S/C2H4F2N2O2/c3-2(4,8)1(7)6-5/h8H,5H2,(H,6,7). The monoisotopic (exact) mass is 126 g/mol. The van der Waals surface area contributed by atoms with Gasteiger partial charge in [-0.05, 0) is 0 Å². The molecule has 0 saturated carbocycles. The molecule has 0 saturated heterocycles. The molecule has 0 aromatic heterocycles. The Bertz CT molecular complexity index is 98.7. The van der Waals surface area contributed by atoms with E-state index < -0.39 is 12.0 Å². The molecule has 0 aromatic rings. The van der Waals surface area contributed by atoms with E-state index >= 15 is 0 Å². The Balaban J connectivity index is 3.82. The van der Waals surface area contributed by atoms with E-state index in [1.165, 1.54) is 0 Å². The zero-order valence-corrected chi connectivity index (χ0v) is 3.69. The van der Waals surface area contributed by atoms with Gasteiger partial charge >= 0.3 is 12.0 Å². The summed E-state index contributed by atoms with van der Waals surface area (Å²) in [6, 6.07) is 0. The fraction of sp³-hybridized carbons (Fsp3) is 0.500. The molecule has 0 aliphatic rings. The van der Waals surface area contributed by atoms with Gasteiger partial charge in [-0.3, -0.25) is 10.2 Å². The number of halogens is 2. The number of hydrazine groups is 1. The van der Waals surface area contributed by atoms with Gasteiger partial charge in [0.2, 0.25) is 0 Å². The Morgan fingerprint density at radius 1 is 1.75 bits per heavy atom. The fourth-order valence-corrected chi connectivity index (χ4v) is 0.0868. The number of carbonyl (C=O) groups excluding carboxylic acids is 1. The molecule has 0 rings (SSSR count). The summed E-state index contributed by atoms with van der Waals surface area (Å²) < 4.78 is 22.4. The lowest BCUT2D eigenvalue weighted by molar-refractivity contribution is -0.205. The molecule has 48 valence electrons. The largest absolute Gasteiger partial charge is 0.435 e. The van der Waals surface area contributed by atoms with Crippen LogP contribution < -0.4 is 11.3 Å². The highest BCUT2D eigenvalue weighted by molar-refractivity contribution is 5.80. The Kier molecular flexibility index (Phi) is 1.82. The number of carbonyl (C=O) groups is 1. The normalized spacial score (nSPS) is 11.0. The third kappa shape index (κ3) is 1.80. The molecule has 0 aliphatic carbocycles. The zero-order chi connectivity index (χ0) is 6.78. The molecule has 0 aromatic carbocycles. The van der Waals surface area contributed by atoms with Gasteiger partial charge in [-0.2, -0.15) is 8.78 Å². The van der Waals surface area contributed by atoms with E-state index in [-0.39, 0.29) is 0 Å². The second-order valence-electron chi connectivity index (χ2n) is 1.01. The van der Waals surface area contributed by atoms with Gasteiger partial charge in [-0.25, -0.2) is 5.84 Å². The first kappa shape index (κ1) is 7.25. The van der Waals surface area contributed by atoms with Crippen molar-refractivity contribution >= 4 is 5.91 Å². The topological polar surface area (TPSA) is 75.3 Å². The van der Waals surface area contributed by atoms with Crippen LogP contribution in [-0.4, -0.2) is 17.1 Å². The average molecular weight is 126 g/mol. The van der Waals surface area contributed by atoms with Gasteiger partial charge in [0, 0.05) is 0 Å². The summed E-state index contributed by atoms with van der Waals surface area (Å²) in [7, 11) is 0. The van der Waals surface area contributed by atoms with Crippen LogP contribution in [0.15, 0.2) is 0 Å². The third-order valence-electron chi connectivity index (χ3n) is 0.404. The predicted molar refractivity (Wildman–Crippen MR) is 19.5 cm³/mol. The van der Waals surface area contributed by atoms with Crippen LogP contribution in [0.2, 0.25) is 0 Å². The number of nitrogens with two attached hydrogens (primary N) is 1. The first-order chi connectivity index (χ1) is 3.48. The number of hydrogen-bond donors (Lipinski definition) is 3. The molecule has 0 aliphatic heterocycles. The first-order valence-electron chi connectivity index (χ1n) is 1.59. The van der Waals surface area contributed by atoms with Crippen LogP contribution >= 0.6 is 0 Å². The van der Waals surface area contributed by atoms with Gasteiger partial charge in [0.05, 0.1) is 0 Å². The van der Waals surface area contributed by atoms with Crippen LogP contribution in [0, 0.1) is 0 Å². The average Bonchev–Trinajstić information content (AvgIpc) is 1.62. The summed E-state index contributed by atoms with van der Waals surface area (Å²) in [5.74, 6) is 2.30. The Hall–Kier alpha value is -0.750. The van der Waals surface area contributed by atoms with Crippen molar-refractivity contribution in [2.75, 3.05) is 0 Å². The summed E-state index contributed by atoms with van der Waals surface area (Å²) >= 11 is 0. The molecule has 0 bridgehead atoms. The second kappa shape index (κ2) is 2.01. The van der Waals surface area contributed by atoms with Crippen LogP contribution in [0.3, 0.4) is 0 Å². The van der Waals surface area contributed by atoms with Gasteiger partial charge in [-0.15, -0.1) is 0 Å². The lowest BCUT2D eigenvalue weighted by Crippen LogP contribution is -2.43. The predicted octanol–water partition coefficient (Wildman–Crippen LogP) is -1.44. The van der Waals surface area contributed by atoms with Gasteiger partial charge in [0.1, 0.15) is 0 Å². The summed E-state index contributed by atoms with van der Waals surface area (Å²) in [5, 5.41) is 7.46. The van der Waals surface area contributed by atoms with Crippen LogP contribution in [0.4, 0.5) is 8.78 Å². The maximum Gasteiger partial charge on any atom is 0.435 e. The molecule has 4 N–H and O–H groups in total. The highest BCUT2D eigenvalue weighted by Gasteiger charge is 2.34. The maximum atomic E-state index is 11.2. The van der Waals surface area contributed by atoms with Crippen molar-refractivity contribution in [2.45, 2.75) is 6.11 Å². The highest BCUT2D eigenvalue weighted by Crippen LogP contribution is 2.05. The van der Waals surface area contributed by atoms with E-state index in [0.29, 0.717) is 0 Å². The number of rotatable bonds is 1. The highest BCUT2D eigenvalue weighted by atomic mass is 19.3. The van der Waals surface area contributed by atoms with Crippen LogP contribution in [0.5, 0.6) is 0 Å². The molecule has 0 heterocycles. The minimum Gasteiger partial charge on any atom is -0.328 e. The van der Waals surface area contributed by atoms with Gasteiger partial charge in [0.15, 0.2) is 0 Å². The molecule has 0 fully saturated rings. The molecular formula is C2H4F2N2O2. The molecule has 6 heteroatoms. The number of alkyl halides is 2. The quantitative estimate of drug-likeness (QED) is 0.229. The Morgan fingerprint density at radius 3 is 2.12 bits per heavy atom. The van der Waals surface area contributed by atoms with Crippen molar-refractivity contribution in [3.05, 3.63) is 0 Å². The molecule has 0 unspecified atom stereocenters. The zero-order valence-electron chi connectivity index (χ0n) is 3.69. The molecule has 4 nitrogen and oxygen atoms in total. The second-order valence-corrected chi connectivity index (χ2v) is 1.01. The van der Waals surface area contributed by atoms with Crippen molar-refractivity contribution in [3.63, 3.8) is 0 Å². The van der Waals surface area contributed by atoms with Crippen molar-refractivity contribution < 1.29 is 18.7 Å². The molecule has 1 amide bonds. The maximum absolute atomic E-state index is 11.2.